The monoisotopic (exact) mass is 477 g/mol. The minimum atomic E-state index is -0.847. The standard InChI is InChI=1S/C23H13F2N5O3S/c24-13-2-1-3-15(10-13)30-8-6-18(31)20(29-30)22(32)28-14-4-5-19(16(25)11-14)33-23-21-17(7-9-34-21)26-12-27-23/h1-12H,(H,28,32). The predicted molar refractivity (Wildman–Crippen MR) is 122 cm³/mol. The van der Waals surface area contributed by atoms with Gasteiger partial charge in [-0.2, -0.15) is 5.10 Å². The van der Waals surface area contributed by atoms with E-state index in [9.17, 15) is 18.4 Å². The number of rotatable bonds is 5. The molecule has 0 unspecified atom stereocenters. The van der Waals surface area contributed by atoms with Crippen molar-refractivity contribution in [3.8, 4) is 17.3 Å². The maximum atomic E-state index is 14.7. The molecule has 0 saturated heterocycles. The summed E-state index contributed by atoms with van der Waals surface area (Å²) in [4.78, 5) is 33.0. The molecule has 0 spiro atoms. The Morgan fingerprint density at radius 1 is 1.06 bits per heavy atom. The molecule has 1 amide bonds. The van der Waals surface area contributed by atoms with Crippen LogP contribution in [0.1, 0.15) is 10.5 Å². The van der Waals surface area contributed by atoms with E-state index in [4.69, 9.17) is 4.74 Å². The number of hydrogen-bond acceptors (Lipinski definition) is 7. The first-order chi connectivity index (χ1) is 16.5. The first-order valence-electron chi connectivity index (χ1n) is 9.81. The molecule has 2 aromatic carbocycles. The van der Waals surface area contributed by atoms with Crippen molar-refractivity contribution in [2.45, 2.75) is 0 Å². The molecule has 8 nitrogen and oxygen atoms in total. The smallest absolute Gasteiger partial charge is 0.280 e. The summed E-state index contributed by atoms with van der Waals surface area (Å²) in [5.41, 5.74) is 0.00811. The maximum absolute atomic E-state index is 14.7. The van der Waals surface area contributed by atoms with E-state index in [1.54, 1.807) is 12.1 Å². The highest BCUT2D eigenvalue weighted by molar-refractivity contribution is 7.17. The van der Waals surface area contributed by atoms with Gasteiger partial charge in [-0.3, -0.25) is 9.59 Å². The molecule has 5 aromatic rings. The average molecular weight is 477 g/mol. The van der Waals surface area contributed by atoms with Crippen LogP contribution in [0.25, 0.3) is 15.9 Å². The van der Waals surface area contributed by atoms with Gasteiger partial charge in [-0.15, -0.1) is 11.3 Å². The number of aromatic nitrogens is 4. The first-order valence-corrected chi connectivity index (χ1v) is 10.7. The molecule has 3 heterocycles. The average Bonchev–Trinajstić information content (AvgIpc) is 3.31. The Balaban J connectivity index is 1.37. The third-order valence-electron chi connectivity index (χ3n) is 4.70. The maximum Gasteiger partial charge on any atom is 0.280 e. The van der Waals surface area contributed by atoms with Gasteiger partial charge in [-0.1, -0.05) is 6.07 Å². The van der Waals surface area contributed by atoms with E-state index in [2.05, 4.69) is 20.4 Å². The number of thiophene rings is 1. The van der Waals surface area contributed by atoms with E-state index in [1.807, 2.05) is 5.38 Å². The highest BCUT2D eigenvalue weighted by Crippen LogP contribution is 2.32. The zero-order valence-electron chi connectivity index (χ0n) is 17.1. The molecule has 0 fully saturated rings. The van der Waals surface area contributed by atoms with E-state index in [0.29, 0.717) is 15.9 Å². The molecule has 0 aliphatic carbocycles. The van der Waals surface area contributed by atoms with Crippen molar-refractivity contribution in [3.05, 3.63) is 100 Å². The van der Waals surface area contributed by atoms with Crippen molar-refractivity contribution in [1.82, 2.24) is 19.7 Å². The van der Waals surface area contributed by atoms with Crippen molar-refractivity contribution in [2.75, 3.05) is 5.32 Å². The Hall–Kier alpha value is -4.51. The van der Waals surface area contributed by atoms with Gasteiger partial charge in [0.2, 0.25) is 11.3 Å². The molecule has 0 bridgehead atoms. The highest BCUT2D eigenvalue weighted by Gasteiger charge is 2.16. The van der Waals surface area contributed by atoms with Gasteiger partial charge in [0.15, 0.2) is 17.3 Å². The van der Waals surface area contributed by atoms with Crippen LogP contribution < -0.4 is 15.5 Å². The van der Waals surface area contributed by atoms with Crippen LogP contribution in [0.4, 0.5) is 14.5 Å². The summed E-state index contributed by atoms with van der Waals surface area (Å²) in [6.45, 7) is 0. The molecule has 0 atom stereocenters. The quantitative estimate of drug-likeness (QED) is 0.399. The number of carbonyl (C=O) groups is 1. The normalized spacial score (nSPS) is 10.9. The number of ether oxygens (including phenoxy) is 1. The van der Waals surface area contributed by atoms with Crippen LogP contribution in [-0.4, -0.2) is 25.7 Å². The number of anilines is 1. The fourth-order valence-electron chi connectivity index (χ4n) is 3.12. The Labute approximate surface area is 194 Å². The molecule has 5 rings (SSSR count). The largest absolute Gasteiger partial charge is 0.434 e. The Bertz CT molecular complexity index is 1600. The molecular formula is C23H13F2N5O3S. The van der Waals surface area contributed by atoms with Gasteiger partial charge in [0.05, 0.1) is 11.2 Å². The fourth-order valence-corrected chi connectivity index (χ4v) is 3.89. The molecule has 1 N–H and O–H groups in total. The lowest BCUT2D eigenvalue weighted by molar-refractivity contribution is 0.101. The van der Waals surface area contributed by atoms with Crippen molar-refractivity contribution in [3.63, 3.8) is 0 Å². The van der Waals surface area contributed by atoms with Crippen LogP contribution in [-0.2, 0) is 0 Å². The second-order valence-corrected chi connectivity index (χ2v) is 7.88. The van der Waals surface area contributed by atoms with Crippen LogP contribution >= 0.6 is 11.3 Å². The number of nitrogens with zero attached hydrogens (tertiary/aromatic N) is 4. The summed E-state index contributed by atoms with van der Waals surface area (Å²) in [7, 11) is 0. The van der Waals surface area contributed by atoms with Gasteiger partial charge in [0.1, 0.15) is 16.8 Å². The third-order valence-corrected chi connectivity index (χ3v) is 5.59. The van der Waals surface area contributed by atoms with E-state index in [1.165, 1.54) is 58.9 Å². The fraction of sp³-hybridized carbons (Fsp3) is 0. The summed E-state index contributed by atoms with van der Waals surface area (Å²) < 4.78 is 35.7. The molecule has 0 saturated carbocycles. The summed E-state index contributed by atoms with van der Waals surface area (Å²) in [5, 5.41) is 8.25. The number of carbonyl (C=O) groups excluding carboxylic acids is 1. The number of amides is 1. The number of nitrogens with one attached hydrogen (secondary N) is 1. The van der Waals surface area contributed by atoms with Crippen LogP contribution in [0.2, 0.25) is 0 Å². The van der Waals surface area contributed by atoms with Crippen molar-refractivity contribution in [1.29, 1.82) is 0 Å². The lowest BCUT2D eigenvalue weighted by Gasteiger charge is -2.10. The number of benzene rings is 2. The van der Waals surface area contributed by atoms with Gasteiger partial charge in [0, 0.05) is 24.0 Å². The van der Waals surface area contributed by atoms with Crippen molar-refractivity contribution >= 4 is 33.1 Å². The Kier molecular flexibility index (Phi) is 5.52. The lowest BCUT2D eigenvalue weighted by Crippen LogP contribution is -2.25. The molecule has 0 radical (unpaired) electrons. The van der Waals surface area contributed by atoms with Crippen LogP contribution in [0, 0.1) is 11.6 Å². The van der Waals surface area contributed by atoms with Crippen molar-refractivity contribution in [2.24, 2.45) is 0 Å². The Morgan fingerprint density at radius 3 is 2.76 bits per heavy atom. The zero-order chi connectivity index (χ0) is 23.7. The molecular weight excluding hydrogens is 464 g/mol. The Morgan fingerprint density at radius 2 is 1.94 bits per heavy atom. The zero-order valence-corrected chi connectivity index (χ0v) is 17.9. The number of halogens is 2. The summed E-state index contributed by atoms with van der Waals surface area (Å²) >= 11 is 1.36. The molecule has 0 aliphatic rings. The van der Waals surface area contributed by atoms with Gasteiger partial charge >= 0.3 is 0 Å². The summed E-state index contributed by atoms with van der Waals surface area (Å²) in [6, 6.07) is 12.2. The molecule has 168 valence electrons. The molecule has 34 heavy (non-hydrogen) atoms. The van der Waals surface area contributed by atoms with E-state index in [-0.39, 0.29) is 17.3 Å². The topological polar surface area (TPSA) is 99.0 Å². The summed E-state index contributed by atoms with van der Waals surface area (Å²) in [5.74, 6) is -1.98. The number of fused-ring (bicyclic) bond motifs is 1. The minimum Gasteiger partial charge on any atom is -0.434 e. The van der Waals surface area contributed by atoms with Crippen LogP contribution in [0.15, 0.2) is 77.3 Å². The molecule has 3 aromatic heterocycles. The summed E-state index contributed by atoms with van der Waals surface area (Å²) in [6.07, 6.45) is 2.64. The van der Waals surface area contributed by atoms with Crippen LogP contribution in [0.5, 0.6) is 11.6 Å². The van der Waals surface area contributed by atoms with Gasteiger partial charge in [-0.25, -0.2) is 23.4 Å². The van der Waals surface area contributed by atoms with Gasteiger partial charge in [-0.05, 0) is 41.8 Å². The second kappa shape index (κ2) is 8.79. The third kappa shape index (κ3) is 4.24. The van der Waals surface area contributed by atoms with Crippen LogP contribution in [0.3, 0.4) is 0 Å². The lowest BCUT2D eigenvalue weighted by atomic mass is 10.2. The number of hydrogen-bond donors (Lipinski definition) is 1. The minimum absolute atomic E-state index is 0.0844. The highest BCUT2D eigenvalue weighted by atomic mass is 32.1. The first kappa shape index (κ1) is 21.3. The van der Waals surface area contributed by atoms with E-state index < -0.39 is 28.7 Å². The molecule has 11 heteroatoms. The van der Waals surface area contributed by atoms with Gasteiger partial charge < -0.3 is 10.1 Å². The second-order valence-electron chi connectivity index (χ2n) is 6.97. The van der Waals surface area contributed by atoms with E-state index in [0.717, 1.165) is 12.1 Å². The van der Waals surface area contributed by atoms with E-state index >= 15 is 0 Å². The van der Waals surface area contributed by atoms with Gasteiger partial charge in [0.25, 0.3) is 5.91 Å². The molecule has 0 aliphatic heterocycles. The van der Waals surface area contributed by atoms with Crippen molar-refractivity contribution < 1.29 is 18.3 Å². The predicted octanol–water partition coefficient (Wildman–Crippen LogP) is 4.56. The SMILES string of the molecule is O=C(Nc1ccc(Oc2ncnc3ccsc23)c(F)c1)c1nn(-c2cccc(F)c2)ccc1=O.